The van der Waals surface area contributed by atoms with Gasteiger partial charge in [-0.05, 0) is 30.1 Å². The van der Waals surface area contributed by atoms with Gasteiger partial charge in [-0.15, -0.1) is 0 Å². The second-order valence-corrected chi connectivity index (χ2v) is 6.78. The number of hydrogen-bond acceptors (Lipinski definition) is 6. The van der Waals surface area contributed by atoms with Gasteiger partial charge in [0.1, 0.15) is 5.54 Å². The number of nitrogens with one attached hydrogen (secondary N) is 2. The molecule has 1 saturated heterocycles. The van der Waals surface area contributed by atoms with Crippen molar-refractivity contribution in [3.05, 3.63) is 30.2 Å². The van der Waals surface area contributed by atoms with E-state index < -0.39 is 5.54 Å². The molecular weight excluding hydrogens is 306 g/mol. The fourth-order valence-electron chi connectivity index (χ4n) is 3.29. The highest BCUT2D eigenvalue weighted by Crippen LogP contribution is 2.36. The molecular formula is C17H21N5O2. The molecule has 1 aromatic carbocycles. The topological polar surface area (TPSA) is 83.3 Å². The molecule has 3 heterocycles. The molecule has 2 aromatic rings. The Morgan fingerprint density at radius 2 is 1.92 bits per heavy atom. The molecule has 2 aliphatic rings. The molecule has 0 radical (unpaired) electrons. The van der Waals surface area contributed by atoms with Gasteiger partial charge >= 0.3 is 0 Å². The average Bonchev–Trinajstić information content (AvgIpc) is 3.07. The third-order valence-electron chi connectivity index (χ3n) is 4.81. The number of anilines is 3. The minimum Gasteiger partial charge on any atom is -0.369 e. The number of aromatic nitrogens is 2. The van der Waals surface area contributed by atoms with Crippen LogP contribution < -0.4 is 15.5 Å². The molecule has 2 aliphatic heterocycles. The summed E-state index contributed by atoms with van der Waals surface area (Å²) >= 11 is 0. The Hall–Kier alpha value is -2.57. The molecule has 0 saturated carbocycles. The standard InChI is InChI=1S/C17H21N5O2/c1-11(2)14-19-16(21-24-14)22-9-7-17(8-10-22)15(23)18-12-5-3-4-6-13(12)20-17/h3-6,11,20H,7-10H2,1-2H3,(H,18,23). The van der Waals surface area contributed by atoms with E-state index in [1.807, 2.05) is 38.1 Å². The van der Waals surface area contributed by atoms with Crippen molar-refractivity contribution in [3.8, 4) is 0 Å². The summed E-state index contributed by atoms with van der Waals surface area (Å²) < 4.78 is 5.29. The van der Waals surface area contributed by atoms with Gasteiger partial charge in [-0.2, -0.15) is 4.98 Å². The monoisotopic (exact) mass is 327 g/mol. The Bertz CT molecular complexity index is 762. The second-order valence-electron chi connectivity index (χ2n) is 6.78. The van der Waals surface area contributed by atoms with Crippen molar-refractivity contribution in [2.24, 2.45) is 0 Å². The van der Waals surface area contributed by atoms with Crippen LogP contribution in [0.1, 0.15) is 38.5 Å². The van der Waals surface area contributed by atoms with Gasteiger partial charge in [0.05, 0.1) is 11.4 Å². The molecule has 4 rings (SSSR count). The van der Waals surface area contributed by atoms with Crippen LogP contribution >= 0.6 is 0 Å². The van der Waals surface area contributed by atoms with E-state index in [9.17, 15) is 4.79 Å². The van der Waals surface area contributed by atoms with Gasteiger partial charge < -0.3 is 20.1 Å². The highest BCUT2D eigenvalue weighted by Gasteiger charge is 2.44. The maximum Gasteiger partial charge on any atom is 0.266 e. The Kier molecular flexibility index (Phi) is 3.44. The molecule has 1 amide bonds. The smallest absolute Gasteiger partial charge is 0.266 e. The van der Waals surface area contributed by atoms with E-state index in [1.54, 1.807) is 0 Å². The lowest BCUT2D eigenvalue weighted by molar-refractivity contribution is -0.121. The summed E-state index contributed by atoms with van der Waals surface area (Å²) in [5.74, 6) is 1.51. The highest BCUT2D eigenvalue weighted by atomic mass is 16.5. The van der Waals surface area contributed by atoms with Gasteiger partial charge in [0, 0.05) is 19.0 Å². The van der Waals surface area contributed by atoms with Gasteiger partial charge in [0.2, 0.25) is 11.8 Å². The van der Waals surface area contributed by atoms with E-state index in [1.165, 1.54) is 0 Å². The van der Waals surface area contributed by atoms with Crippen LogP contribution in [0.15, 0.2) is 28.8 Å². The molecule has 1 spiro atoms. The van der Waals surface area contributed by atoms with Crippen molar-refractivity contribution in [1.82, 2.24) is 10.1 Å². The van der Waals surface area contributed by atoms with E-state index in [4.69, 9.17) is 4.52 Å². The Morgan fingerprint density at radius 1 is 1.21 bits per heavy atom. The lowest BCUT2D eigenvalue weighted by Gasteiger charge is -2.44. The summed E-state index contributed by atoms with van der Waals surface area (Å²) in [5.41, 5.74) is 1.26. The zero-order valence-corrected chi connectivity index (χ0v) is 13.9. The zero-order chi connectivity index (χ0) is 16.7. The van der Waals surface area contributed by atoms with Crippen molar-refractivity contribution < 1.29 is 9.32 Å². The third kappa shape index (κ3) is 2.40. The molecule has 24 heavy (non-hydrogen) atoms. The van der Waals surface area contributed by atoms with E-state index >= 15 is 0 Å². The van der Waals surface area contributed by atoms with Gasteiger partial charge in [-0.1, -0.05) is 26.0 Å². The van der Waals surface area contributed by atoms with Crippen molar-refractivity contribution in [3.63, 3.8) is 0 Å². The molecule has 0 atom stereocenters. The van der Waals surface area contributed by atoms with Crippen LogP contribution in [0.2, 0.25) is 0 Å². The largest absolute Gasteiger partial charge is 0.369 e. The average molecular weight is 327 g/mol. The fraction of sp³-hybridized carbons (Fsp3) is 0.471. The molecule has 2 N–H and O–H groups in total. The summed E-state index contributed by atoms with van der Waals surface area (Å²) in [5, 5.41) is 10.5. The summed E-state index contributed by atoms with van der Waals surface area (Å²) in [6, 6.07) is 7.80. The molecule has 1 fully saturated rings. The minimum absolute atomic E-state index is 0.0387. The first-order valence-electron chi connectivity index (χ1n) is 8.35. The van der Waals surface area contributed by atoms with Crippen molar-refractivity contribution in [2.75, 3.05) is 28.6 Å². The number of carbonyl (C=O) groups is 1. The highest BCUT2D eigenvalue weighted by molar-refractivity contribution is 6.06. The van der Waals surface area contributed by atoms with E-state index in [0.717, 1.165) is 11.4 Å². The summed E-state index contributed by atoms with van der Waals surface area (Å²) in [6.07, 6.45) is 1.39. The molecule has 1 aromatic heterocycles. The normalized spacial score (nSPS) is 19.1. The Balaban J connectivity index is 1.50. The van der Waals surface area contributed by atoms with Crippen molar-refractivity contribution in [2.45, 2.75) is 38.1 Å². The van der Waals surface area contributed by atoms with Gasteiger partial charge in [0.15, 0.2) is 0 Å². The molecule has 0 unspecified atom stereocenters. The van der Waals surface area contributed by atoms with Crippen LogP contribution in [0.5, 0.6) is 0 Å². The summed E-state index contributed by atoms with van der Waals surface area (Å²) in [4.78, 5) is 19.2. The lowest BCUT2D eigenvalue weighted by Crippen LogP contribution is -2.58. The number of benzene rings is 1. The SMILES string of the molecule is CC(C)c1nc(N2CCC3(CC2)Nc2ccccc2NC3=O)no1. The van der Waals surface area contributed by atoms with Gasteiger partial charge in [-0.3, -0.25) is 4.79 Å². The van der Waals surface area contributed by atoms with Crippen LogP contribution in [-0.2, 0) is 4.79 Å². The second kappa shape index (κ2) is 5.51. The molecule has 7 nitrogen and oxygen atoms in total. The Morgan fingerprint density at radius 3 is 2.58 bits per heavy atom. The maximum atomic E-state index is 12.6. The number of piperidine rings is 1. The van der Waals surface area contributed by atoms with Crippen LogP contribution in [0, 0.1) is 0 Å². The van der Waals surface area contributed by atoms with Crippen LogP contribution in [0.25, 0.3) is 0 Å². The van der Waals surface area contributed by atoms with Gasteiger partial charge in [-0.25, -0.2) is 0 Å². The van der Waals surface area contributed by atoms with Crippen LogP contribution in [-0.4, -0.2) is 34.7 Å². The van der Waals surface area contributed by atoms with Gasteiger partial charge in [0.25, 0.3) is 5.95 Å². The number of para-hydroxylation sites is 2. The Labute approximate surface area is 140 Å². The molecule has 0 aliphatic carbocycles. The third-order valence-corrected chi connectivity index (χ3v) is 4.81. The predicted octanol–water partition coefficient (Wildman–Crippen LogP) is 2.60. The lowest BCUT2D eigenvalue weighted by atomic mass is 9.84. The maximum absolute atomic E-state index is 12.6. The summed E-state index contributed by atoms with van der Waals surface area (Å²) in [7, 11) is 0. The van der Waals surface area contributed by atoms with E-state index in [2.05, 4.69) is 25.7 Å². The first kappa shape index (κ1) is 15.0. The van der Waals surface area contributed by atoms with Crippen LogP contribution in [0.3, 0.4) is 0 Å². The fourth-order valence-corrected chi connectivity index (χ4v) is 3.29. The first-order chi connectivity index (χ1) is 11.6. The first-order valence-corrected chi connectivity index (χ1v) is 8.35. The number of nitrogens with zero attached hydrogens (tertiary/aromatic N) is 3. The zero-order valence-electron chi connectivity index (χ0n) is 13.9. The molecule has 7 heteroatoms. The minimum atomic E-state index is -0.560. The quantitative estimate of drug-likeness (QED) is 0.882. The van der Waals surface area contributed by atoms with Crippen LogP contribution in [0.4, 0.5) is 17.3 Å². The van der Waals surface area contributed by atoms with E-state index in [0.29, 0.717) is 37.8 Å². The number of amides is 1. The van der Waals surface area contributed by atoms with Crippen molar-refractivity contribution in [1.29, 1.82) is 0 Å². The van der Waals surface area contributed by atoms with E-state index in [-0.39, 0.29) is 11.8 Å². The number of hydrogen-bond donors (Lipinski definition) is 2. The summed E-state index contributed by atoms with van der Waals surface area (Å²) in [6.45, 7) is 5.46. The molecule has 0 bridgehead atoms. The number of fused-ring (bicyclic) bond motifs is 1. The van der Waals surface area contributed by atoms with Crippen molar-refractivity contribution >= 4 is 23.2 Å². The number of rotatable bonds is 2. The number of carbonyl (C=O) groups excluding carboxylic acids is 1. The molecule has 126 valence electrons. The predicted molar refractivity (Wildman–Crippen MR) is 91.3 cm³/mol.